The quantitative estimate of drug-likeness (QED) is 0.634. The molecule has 0 bridgehead atoms. The van der Waals surface area contributed by atoms with Crippen molar-refractivity contribution in [2.45, 2.75) is 43.9 Å². The third-order valence-electron chi connectivity index (χ3n) is 4.46. The Kier molecular flexibility index (Phi) is 4.60. The largest absolute Gasteiger partial charge is 0.269 e. The van der Waals surface area contributed by atoms with E-state index in [1.54, 1.807) is 36.5 Å². The summed E-state index contributed by atoms with van der Waals surface area (Å²) >= 11 is 6.25. The normalized spacial score (nSPS) is 15.5. The van der Waals surface area contributed by atoms with Crippen molar-refractivity contribution in [2.24, 2.45) is 0 Å². The molecule has 5 nitrogen and oxygen atoms in total. The molecular formula is C18H20ClN3O2S. The van der Waals surface area contributed by atoms with Crippen LogP contribution in [0.3, 0.4) is 0 Å². The van der Waals surface area contributed by atoms with Crippen LogP contribution in [0.1, 0.15) is 39.2 Å². The molecule has 4 rings (SSSR count). The third-order valence-corrected chi connectivity index (χ3v) is 6.41. The van der Waals surface area contributed by atoms with E-state index in [2.05, 4.69) is 16.9 Å². The molecule has 0 saturated heterocycles. The van der Waals surface area contributed by atoms with Crippen molar-refractivity contribution in [3.05, 3.63) is 53.6 Å². The van der Waals surface area contributed by atoms with Gasteiger partial charge in [0.05, 0.1) is 10.3 Å². The van der Waals surface area contributed by atoms with E-state index in [4.69, 9.17) is 11.6 Å². The zero-order chi connectivity index (χ0) is 18.2. The highest BCUT2D eigenvalue weighted by Crippen LogP contribution is 2.51. The van der Waals surface area contributed by atoms with Crippen LogP contribution in [0.25, 0.3) is 11.0 Å². The average molecular weight is 378 g/mol. The van der Waals surface area contributed by atoms with Crippen molar-refractivity contribution in [1.29, 1.82) is 0 Å². The number of aromatic nitrogens is 3. The van der Waals surface area contributed by atoms with E-state index in [-0.39, 0.29) is 10.3 Å². The van der Waals surface area contributed by atoms with Crippen molar-refractivity contribution >= 4 is 32.7 Å². The molecule has 0 unspecified atom stereocenters. The van der Waals surface area contributed by atoms with Crippen LogP contribution in [0.2, 0.25) is 5.15 Å². The standard InChI is InChI=1S/C16H14ClN3O2S.C2H6/c1-16(7-8-16)12-9-20(15-13(12)14(17)18-10-19-15)23(21,22)11-5-3-2-4-6-11;1-2/h2-6,9-10H,7-8H2,1H3;1-2H3. The molecule has 0 N–H and O–H groups in total. The van der Waals surface area contributed by atoms with E-state index in [0.29, 0.717) is 16.2 Å². The number of nitrogens with zero attached hydrogens (tertiary/aromatic N) is 3. The van der Waals surface area contributed by atoms with Crippen molar-refractivity contribution < 1.29 is 8.42 Å². The summed E-state index contributed by atoms with van der Waals surface area (Å²) in [5.74, 6) is 0. The molecule has 1 saturated carbocycles. The minimum absolute atomic E-state index is 0.0515. The second kappa shape index (κ2) is 6.42. The Bertz CT molecular complexity index is 1010. The van der Waals surface area contributed by atoms with Crippen LogP contribution in [0, 0.1) is 0 Å². The van der Waals surface area contributed by atoms with Gasteiger partial charge in [0.2, 0.25) is 0 Å². The molecule has 7 heteroatoms. The van der Waals surface area contributed by atoms with E-state index < -0.39 is 10.0 Å². The molecule has 0 amide bonds. The molecule has 0 atom stereocenters. The molecule has 2 aromatic heterocycles. The second-order valence-electron chi connectivity index (χ2n) is 6.08. The lowest BCUT2D eigenvalue weighted by Crippen LogP contribution is -2.12. The fraction of sp³-hybridized carbons (Fsp3) is 0.333. The van der Waals surface area contributed by atoms with Gasteiger partial charge in [-0.3, -0.25) is 0 Å². The number of halogens is 1. The van der Waals surface area contributed by atoms with Gasteiger partial charge in [-0.1, -0.05) is 50.6 Å². The Labute approximate surface area is 152 Å². The fourth-order valence-electron chi connectivity index (χ4n) is 2.80. The van der Waals surface area contributed by atoms with Gasteiger partial charge in [0.1, 0.15) is 11.5 Å². The first kappa shape index (κ1) is 17.9. The summed E-state index contributed by atoms with van der Waals surface area (Å²) in [5.41, 5.74) is 1.18. The molecule has 0 radical (unpaired) electrons. The van der Waals surface area contributed by atoms with Crippen LogP contribution >= 0.6 is 11.6 Å². The minimum atomic E-state index is -3.73. The highest BCUT2D eigenvalue weighted by atomic mass is 35.5. The van der Waals surface area contributed by atoms with Crippen LogP contribution in [-0.4, -0.2) is 22.4 Å². The smallest absolute Gasteiger partial charge is 0.224 e. The zero-order valence-electron chi connectivity index (χ0n) is 14.4. The van der Waals surface area contributed by atoms with Crippen molar-refractivity contribution in [3.8, 4) is 0 Å². The van der Waals surface area contributed by atoms with Gasteiger partial charge < -0.3 is 0 Å². The maximum Gasteiger partial charge on any atom is 0.269 e. The van der Waals surface area contributed by atoms with Crippen molar-refractivity contribution in [1.82, 2.24) is 13.9 Å². The van der Waals surface area contributed by atoms with Gasteiger partial charge in [0, 0.05) is 6.20 Å². The Morgan fingerprint density at radius 2 is 1.76 bits per heavy atom. The lowest BCUT2D eigenvalue weighted by Gasteiger charge is -2.06. The lowest BCUT2D eigenvalue weighted by molar-refractivity contribution is 0.588. The predicted octanol–water partition coefficient (Wildman–Crippen LogP) is 4.40. The van der Waals surface area contributed by atoms with E-state index in [0.717, 1.165) is 18.4 Å². The minimum Gasteiger partial charge on any atom is -0.224 e. The summed E-state index contributed by atoms with van der Waals surface area (Å²) in [4.78, 5) is 8.43. The molecule has 132 valence electrons. The van der Waals surface area contributed by atoms with Gasteiger partial charge in [0.25, 0.3) is 10.0 Å². The molecule has 25 heavy (non-hydrogen) atoms. The predicted molar refractivity (Wildman–Crippen MR) is 99.5 cm³/mol. The Hall–Kier alpha value is -1.92. The maximum atomic E-state index is 13.0. The summed E-state index contributed by atoms with van der Waals surface area (Å²) in [5, 5.41) is 0.925. The Balaban J connectivity index is 0.000000880. The zero-order valence-corrected chi connectivity index (χ0v) is 16.0. The molecule has 1 aliphatic rings. The topological polar surface area (TPSA) is 64.8 Å². The highest BCUT2D eigenvalue weighted by Gasteiger charge is 2.43. The van der Waals surface area contributed by atoms with Crippen LogP contribution in [0.5, 0.6) is 0 Å². The third kappa shape index (κ3) is 2.93. The Morgan fingerprint density at radius 1 is 1.12 bits per heavy atom. The first-order chi connectivity index (χ1) is 11.9. The van der Waals surface area contributed by atoms with Crippen molar-refractivity contribution in [2.75, 3.05) is 0 Å². The van der Waals surface area contributed by atoms with Gasteiger partial charge in [-0.15, -0.1) is 0 Å². The van der Waals surface area contributed by atoms with Crippen LogP contribution in [0.4, 0.5) is 0 Å². The van der Waals surface area contributed by atoms with Crippen LogP contribution < -0.4 is 0 Å². The molecule has 1 aliphatic carbocycles. The first-order valence-electron chi connectivity index (χ1n) is 8.26. The SMILES string of the molecule is CC.CC1(c2cn(S(=O)(=O)c3ccccc3)c3ncnc(Cl)c23)CC1. The maximum absolute atomic E-state index is 13.0. The van der Waals surface area contributed by atoms with E-state index >= 15 is 0 Å². The van der Waals surface area contributed by atoms with Gasteiger partial charge in [0.15, 0.2) is 5.65 Å². The van der Waals surface area contributed by atoms with Gasteiger partial charge in [-0.2, -0.15) is 0 Å². The van der Waals surface area contributed by atoms with E-state index in [1.165, 1.54) is 10.3 Å². The molecule has 0 spiro atoms. The molecule has 1 aromatic carbocycles. The number of hydrogen-bond donors (Lipinski definition) is 0. The average Bonchev–Trinajstić information content (AvgIpc) is 3.23. The highest BCUT2D eigenvalue weighted by molar-refractivity contribution is 7.90. The molecule has 3 aromatic rings. The number of fused-ring (bicyclic) bond motifs is 1. The van der Waals surface area contributed by atoms with Crippen molar-refractivity contribution in [3.63, 3.8) is 0 Å². The fourth-order valence-corrected chi connectivity index (χ4v) is 4.37. The molecular weight excluding hydrogens is 358 g/mol. The number of benzene rings is 1. The monoisotopic (exact) mass is 377 g/mol. The van der Waals surface area contributed by atoms with Gasteiger partial charge in [-0.05, 0) is 36.0 Å². The summed E-state index contributed by atoms with van der Waals surface area (Å²) < 4.78 is 27.2. The van der Waals surface area contributed by atoms with E-state index in [1.807, 2.05) is 13.8 Å². The number of hydrogen-bond acceptors (Lipinski definition) is 4. The molecule has 0 aliphatic heterocycles. The van der Waals surface area contributed by atoms with Crippen LogP contribution in [-0.2, 0) is 15.4 Å². The van der Waals surface area contributed by atoms with Gasteiger partial charge >= 0.3 is 0 Å². The summed E-state index contributed by atoms with van der Waals surface area (Å²) in [6.07, 6.45) is 4.95. The second-order valence-corrected chi connectivity index (χ2v) is 8.25. The summed E-state index contributed by atoms with van der Waals surface area (Å²) in [6, 6.07) is 8.32. The molecule has 2 heterocycles. The van der Waals surface area contributed by atoms with Crippen LogP contribution in [0.15, 0.2) is 47.8 Å². The van der Waals surface area contributed by atoms with Gasteiger partial charge in [-0.25, -0.2) is 22.4 Å². The first-order valence-corrected chi connectivity index (χ1v) is 10.1. The summed E-state index contributed by atoms with van der Waals surface area (Å²) in [7, 11) is -3.73. The lowest BCUT2D eigenvalue weighted by atomic mass is 9.99. The van der Waals surface area contributed by atoms with E-state index in [9.17, 15) is 8.42 Å². The molecule has 1 fully saturated rings. The summed E-state index contributed by atoms with van der Waals surface area (Å²) in [6.45, 7) is 6.10. The number of rotatable bonds is 3. The Morgan fingerprint density at radius 3 is 2.36 bits per heavy atom.